The molecule has 112 valence electrons. The van der Waals surface area contributed by atoms with E-state index >= 15 is 0 Å². The number of imidazole rings is 1. The predicted molar refractivity (Wildman–Crippen MR) is 85.3 cm³/mol. The Morgan fingerprint density at radius 2 is 1.95 bits per heavy atom. The van der Waals surface area contributed by atoms with Crippen molar-refractivity contribution in [3.63, 3.8) is 0 Å². The van der Waals surface area contributed by atoms with E-state index in [1.54, 1.807) is 6.20 Å². The molecule has 0 unspecified atom stereocenters. The molecule has 5 nitrogen and oxygen atoms in total. The van der Waals surface area contributed by atoms with Crippen molar-refractivity contribution in [1.82, 2.24) is 14.4 Å². The van der Waals surface area contributed by atoms with E-state index in [1.807, 2.05) is 47.1 Å². The summed E-state index contributed by atoms with van der Waals surface area (Å²) >= 11 is 0. The van der Waals surface area contributed by atoms with Crippen LogP contribution < -0.4 is 9.64 Å². The molecule has 1 atom stereocenters. The predicted octanol–water partition coefficient (Wildman–Crippen LogP) is 2.78. The maximum absolute atomic E-state index is 5.95. The highest BCUT2D eigenvalue weighted by molar-refractivity contribution is 5.48. The third-order valence-corrected chi connectivity index (χ3v) is 4.14. The highest BCUT2D eigenvalue weighted by atomic mass is 16.5. The molecule has 1 aliphatic heterocycles. The van der Waals surface area contributed by atoms with Crippen LogP contribution in [0.5, 0.6) is 5.75 Å². The smallest absolute Gasteiger partial charge is 0.235 e. The van der Waals surface area contributed by atoms with Gasteiger partial charge in [0.15, 0.2) is 0 Å². The highest BCUT2D eigenvalue weighted by Crippen LogP contribution is 2.26. The molecule has 0 N–H and O–H groups in total. The van der Waals surface area contributed by atoms with Gasteiger partial charge in [-0.15, -0.1) is 0 Å². The molecular weight excluding hydrogens is 276 g/mol. The summed E-state index contributed by atoms with van der Waals surface area (Å²) in [7, 11) is 0. The van der Waals surface area contributed by atoms with Crippen LogP contribution in [0, 0.1) is 0 Å². The summed E-state index contributed by atoms with van der Waals surface area (Å²) in [5.41, 5.74) is 0. The van der Waals surface area contributed by atoms with Gasteiger partial charge in [-0.05, 0) is 31.0 Å². The number of benzene rings is 1. The molecule has 3 aromatic rings. The van der Waals surface area contributed by atoms with Gasteiger partial charge in [-0.1, -0.05) is 18.2 Å². The Kier molecular flexibility index (Phi) is 3.39. The van der Waals surface area contributed by atoms with Crippen molar-refractivity contribution in [3.8, 4) is 5.75 Å². The second kappa shape index (κ2) is 5.67. The Morgan fingerprint density at radius 3 is 2.86 bits per heavy atom. The van der Waals surface area contributed by atoms with Gasteiger partial charge in [-0.3, -0.25) is 4.40 Å². The lowest BCUT2D eigenvalue weighted by Gasteiger charge is -2.27. The van der Waals surface area contributed by atoms with Gasteiger partial charge in [0.25, 0.3) is 0 Å². The van der Waals surface area contributed by atoms with Crippen molar-refractivity contribution in [2.45, 2.75) is 18.9 Å². The zero-order valence-corrected chi connectivity index (χ0v) is 12.3. The maximum Gasteiger partial charge on any atom is 0.235 e. The summed E-state index contributed by atoms with van der Waals surface area (Å²) in [5, 5.41) is 0. The van der Waals surface area contributed by atoms with Crippen LogP contribution in [-0.4, -0.2) is 33.6 Å². The van der Waals surface area contributed by atoms with Gasteiger partial charge in [0.1, 0.15) is 18.2 Å². The monoisotopic (exact) mass is 294 g/mol. The van der Waals surface area contributed by atoms with Crippen molar-refractivity contribution in [2.24, 2.45) is 0 Å². The van der Waals surface area contributed by atoms with Crippen molar-refractivity contribution in [1.29, 1.82) is 0 Å². The summed E-state index contributed by atoms with van der Waals surface area (Å²) in [6, 6.07) is 12.4. The molecule has 2 aromatic heterocycles. The zero-order valence-electron chi connectivity index (χ0n) is 12.3. The fraction of sp³-hybridized carbons (Fsp3) is 0.294. The number of hydrogen-bond donors (Lipinski definition) is 0. The lowest BCUT2D eigenvalue weighted by Crippen LogP contribution is -2.35. The first-order valence-electron chi connectivity index (χ1n) is 7.64. The summed E-state index contributed by atoms with van der Waals surface area (Å²) in [6.07, 6.45) is 7.90. The van der Waals surface area contributed by atoms with Crippen LogP contribution in [0.15, 0.2) is 55.0 Å². The van der Waals surface area contributed by atoms with E-state index in [4.69, 9.17) is 4.74 Å². The first-order valence-corrected chi connectivity index (χ1v) is 7.64. The van der Waals surface area contributed by atoms with Crippen molar-refractivity contribution in [2.75, 3.05) is 18.1 Å². The summed E-state index contributed by atoms with van der Waals surface area (Å²) < 4.78 is 8.00. The molecule has 1 aromatic carbocycles. The normalized spacial score (nSPS) is 18.0. The lowest BCUT2D eigenvalue weighted by molar-refractivity contribution is 0.288. The maximum atomic E-state index is 5.95. The summed E-state index contributed by atoms with van der Waals surface area (Å²) in [6.45, 7) is 1.74. The Balaban J connectivity index is 1.55. The van der Waals surface area contributed by atoms with E-state index in [2.05, 4.69) is 20.9 Å². The van der Waals surface area contributed by atoms with Crippen LogP contribution >= 0.6 is 0 Å². The third-order valence-electron chi connectivity index (χ3n) is 4.14. The van der Waals surface area contributed by atoms with Gasteiger partial charge in [0, 0.05) is 25.1 Å². The average molecular weight is 294 g/mol. The second-order valence-electron chi connectivity index (χ2n) is 5.51. The van der Waals surface area contributed by atoms with E-state index in [-0.39, 0.29) is 0 Å². The van der Waals surface area contributed by atoms with Gasteiger partial charge in [0.05, 0.1) is 6.04 Å². The highest BCUT2D eigenvalue weighted by Gasteiger charge is 2.27. The van der Waals surface area contributed by atoms with Gasteiger partial charge < -0.3 is 9.64 Å². The Labute approximate surface area is 129 Å². The van der Waals surface area contributed by atoms with Crippen LogP contribution in [0.3, 0.4) is 0 Å². The Bertz CT molecular complexity index is 755. The average Bonchev–Trinajstić information content (AvgIpc) is 3.22. The van der Waals surface area contributed by atoms with Gasteiger partial charge in [0.2, 0.25) is 5.78 Å². The van der Waals surface area contributed by atoms with Crippen molar-refractivity contribution < 1.29 is 4.74 Å². The molecule has 0 bridgehead atoms. The third kappa shape index (κ3) is 2.39. The minimum atomic E-state index is 0.383. The number of anilines is 1. The molecular formula is C17H18N4O. The number of para-hydroxylation sites is 1. The number of nitrogens with zero attached hydrogens (tertiary/aromatic N) is 4. The quantitative estimate of drug-likeness (QED) is 0.742. The van der Waals surface area contributed by atoms with E-state index in [9.17, 15) is 0 Å². The molecule has 0 spiro atoms. The fourth-order valence-corrected chi connectivity index (χ4v) is 3.07. The molecule has 0 aliphatic carbocycles. The molecule has 1 saturated heterocycles. The molecule has 0 saturated carbocycles. The molecule has 1 aliphatic rings. The Hall–Kier alpha value is -2.56. The van der Waals surface area contributed by atoms with E-state index in [1.165, 1.54) is 6.42 Å². The summed E-state index contributed by atoms with van der Waals surface area (Å²) in [4.78, 5) is 11.0. The lowest BCUT2D eigenvalue weighted by atomic mass is 10.2. The molecule has 3 heterocycles. The number of ether oxygens (including phenoxy) is 1. The number of hydrogen-bond acceptors (Lipinski definition) is 4. The fourth-order valence-electron chi connectivity index (χ4n) is 3.07. The van der Waals surface area contributed by atoms with E-state index in [0.29, 0.717) is 12.6 Å². The van der Waals surface area contributed by atoms with E-state index < -0.39 is 0 Å². The molecule has 1 fully saturated rings. The summed E-state index contributed by atoms with van der Waals surface area (Å²) in [5.74, 6) is 2.81. The van der Waals surface area contributed by atoms with Crippen LogP contribution in [0.2, 0.25) is 0 Å². The van der Waals surface area contributed by atoms with Crippen LogP contribution in [0.4, 0.5) is 5.82 Å². The second-order valence-corrected chi connectivity index (χ2v) is 5.51. The minimum Gasteiger partial charge on any atom is -0.491 e. The zero-order chi connectivity index (χ0) is 14.8. The molecule has 0 radical (unpaired) electrons. The number of aromatic nitrogens is 3. The van der Waals surface area contributed by atoms with Gasteiger partial charge >= 0.3 is 0 Å². The number of rotatable bonds is 4. The van der Waals surface area contributed by atoms with Gasteiger partial charge in [-0.2, -0.15) is 0 Å². The largest absolute Gasteiger partial charge is 0.491 e. The van der Waals surface area contributed by atoms with Gasteiger partial charge in [-0.25, -0.2) is 9.97 Å². The molecule has 5 heteroatoms. The first-order chi connectivity index (χ1) is 10.9. The van der Waals surface area contributed by atoms with E-state index in [0.717, 1.165) is 30.3 Å². The molecule has 22 heavy (non-hydrogen) atoms. The number of fused-ring (bicyclic) bond motifs is 1. The van der Waals surface area contributed by atoms with Crippen LogP contribution in [-0.2, 0) is 0 Å². The SMILES string of the molecule is c1ccc(OC[C@@H]2CCCN2c2ccnc3nccn23)cc1. The topological polar surface area (TPSA) is 42.7 Å². The van der Waals surface area contributed by atoms with Crippen molar-refractivity contribution in [3.05, 3.63) is 55.0 Å². The van der Waals surface area contributed by atoms with Crippen LogP contribution in [0.1, 0.15) is 12.8 Å². The standard InChI is InChI=1S/C17H18N4O/c1-2-6-15(7-3-1)22-13-14-5-4-11-20(14)16-8-9-18-17-19-10-12-21(16)17/h1-3,6-10,12,14H,4-5,11,13H2/t14-/m0/s1. The molecule has 0 amide bonds. The van der Waals surface area contributed by atoms with Crippen LogP contribution in [0.25, 0.3) is 5.78 Å². The first kappa shape index (κ1) is 13.1. The Morgan fingerprint density at radius 1 is 1.09 bits per heavy atom. The minimum absolute atomic E-state index is 0.383. The van der Waals surface area contributed by atoms with Crippen molar-refractivity contribution >= 4 is 11.6 Å². The molecule has 4 rings (SSSR count).